The van der Waals surface area contributed by atoms with E-state index >= 15 is 0 Å². The van der Waals surface area contributed by atoms with E-state index in [1.54, 1.807) is 23.4 Å². The predicted molar refractivity (Wildman–Crippen MR) is 97.1 cm³/mol. The van der Waals surface area contributed by atoms with E-state index in [0.717, 1.165) is 27.1 Å². The van der Waals surface area contributed by atoms with Gasteiger partial charge in [-0.1, -0.05) is 18.2 Å². The first-order chi connectivity index (χ1) is 11.7. The molecule has 3 rings (SSSR count). The summed E-state index contributed by atoms with van der Waals surface area (Å²) in [4.78, 5) is 13.4. The van der Waals surface area contributed by atoms with E-state index in [2.05, 4.69) is 0 Å². The van der Waals surface area contributed by atoms with Gasteiger partial charge in [-0.15, -0.1) is 11.8 Å². The number of methoxy groups -OCH3 is 1. The van der Waals surface area contributed by atoms with Gasteiger partial charge in [-0.2, -0.15) is 0 Å². The molecule has 4 nitrogen and oxygen atoms in total. The summed E-state index contributed by atoms with van der Waals surface area (Å²) in [6.45, 7) is 2.35. The lowest BCUT2D eigenvalue weighted by Gasteiger charge is -2.07. The average Bonchev–Trinajstić information content (AvgIpc) is 2.96. The highest BCUT2D eigenvalue weighted by atomic mass is 32.2. The zero-order valence-electron chi connectivity index (χ0n) is 13.7. The van der Waals surface area contributed by atoms with Crippen LogP contribution in [0, 0.1) is 6.92 Å². The van der Waals surface area contributed by atoms with Crippen molar-refractivity contribution in [3.8, 4) is 5.75 Å². The third-order valence-corrected chi connectivity index (χ3v) is 4.72. The van der Waals surface area contributed by atoms with Crippen molar-refractivity contribution < 1.29 is 14.3 Å². The Morgan fingerprint density at radius 2 is 1.88 bits per heavy atom. The van der Waals surface area contributed by atoms with Crippen LogP contribution < -0.4 is 4.74 Å². The number of aromatic nitrogens is 1. The van der Waals surface area contributed by atoms with Gasteiger partial charge in [-0.05, 0) is 42.8 Å². The highest BCUT2D eigenvalue weighted by Crippen LogP contribution is 2.22. The summed E-state index contributed by atoms with van der Waals surface area (Å²) in [5, 5.41) is 1.07. The minimum absolute atomic E-state index is 0.338. The summed E-state index contributed by atoms with van der Waals surface area (Å²) in [6.07, 6.45) is 1.48. The molecule has 1 heterocycles. The Kier molecular flexibility index (Phi) is 5.11. The van der Waals surface area contributed by atoms with E-state index in [9.17, 15) is 4.79 Å². The smallest absolute Gasteiger partial charge is 0.418 e. The van der Waals surface area contributed by atoms with Crippen molar-refractivity contribution in [3.63, 3.8) is 0 Å². The summed E-state index contributed by atoms with van der Waals surface area (Å²) in [6, 6.07) is 15.7. The molecule has 124 valence electrons. The fourth-order valence-corrected chi connectivity index (χ4v) is 3.26. The number of hydrogen-bond acceptors (Lipinski definition) is 4. The first-order valence-corrected chi connectivity index (χ1v) is 8.68. The predicted octanol–water partition coefficient (Wildman–Crippen LogP) is 4.74. The maximum absolute atomic E-state index is 12.3. The molecule has 0 aliphatic heterocycles. The lowest BCUT2D eigenvalue weighted by Crippen LogP contribution is -2.14. The van der Waals surface area contributed by atoms with E-state index in [1.165, 1.54) is 0 Å². The molecule has 0 radical (unpaired) electrons. The number of hydrogen-bond donors (Lipinski definition) is 0. The summed E-state index contributed by atoms with van der Waals surface area (Å²) in [5.74, 6) is 1.54. The summed E-state index contributed by atoms with van der Waals surface area (Å²) < 4.78 is 12.1. The first-order valence-electron chi connectivity index (χ1n) is 7.69. The molecule has 3 aromatic rings. The van der Waals surface area contributed by atoms with Gasteiger partial charge in [-0.3, -0.25) is 4.57 Å². The maximum Gasteiger partial charge on any atom is 0.418 e. The molecule has 1 aromatic heterocycles. The molecular formula is C19H19NO3S. The lowest BCUT2D eigenvalue weighted by atomic mass is 10.2. The van der Waals surface area contributed by atoms with Gasteiger partial charge >= 0.3 is 6.09 Å². The average molecular weight is 341 g/mol. The van der Waals surface area contributed by atoms with Crippen LogP contribution in [0.1, 0.15) is 5.56 Å². The molecule has 0 spiro atoms. The van der Waals surface area contributed by atoms with Gasteiger partial charge < -0.3 is 9.47 Å². The number of nitrogens with zero attached hydrogens (tertiary/aromatic N) is 1. The second kappa shape index (κ2) is 7.45. The zero-order valence-corrected chi connectivity index (χ0v) is 14.5. The van der Waals surface area contributed by atoms with E-state index < -0.39 is 0 Å². The first kappa shape index (κ1) is 16.5. The van der Waals surface area contributed by atoms with Gasteiger partial charge in [0.25, 0.3) is 0 Å². The number of aryl methyl sites for hydroxylation is 1. The molecule has 2 aromatic carbocycles. The number of carbonyl (C=O) groups is 1. The van der Waals surface area contributed by atoms with Crippen molar-refractivity contribution in [2.75, 3.05) is 19.5 Å². The highest BCUT2D eigenvalue weighted by molar-refractivity contribution is 7.99. The summed E-state index contributed by atoms with van der Waals surface area (Å²) >= 11 is 1.64. The standard InChI is InChI=1S/C19H19NO3S/c1-14-13-20(18-6-4-3-5-17(14)18)19(21)23-11-12-24-16-9-7-15(22-2)8-10-16/h3-10,13H,11-12H2,1-2H3. The number of thioether (sulfide) groups is 1. The van der Waals surface area contributed by atoms with Gasteiger partial charge in [0, 0.05) is 22.2 Å². The molecule has 0 fully saturated rings. The second-order valence-electron chi connectivity index (χ2n) is 5.34. The monoisotopic (exact) mass is 341 g/mol. The van der Waals surface area contributed by atoms with Gasteiger partial charge in [0.05, 0.1) is 12.6 Å². The molecule has 0 atom stereocenters. The van der Waals surface area contributed by atoms with E-state index in [0.29, 0.717) is 12.4 Å². The Morgan fingerprint density at radius 3 is 2.62 bits per heavy atom. The fourth-order valence-electron chi connectivity index (χ4n) is 2.53. The van der Waals surface area contributed by atoms with Crippen LogP contribution in [0.25, 0.3) is 10.9 Å². The van der Waals surface area contributed by atoms with Crippen molar-refractivity contribution in [2.45, 2.75) is 11.8 Å². The maximum atomic E-state index is 12.3. The molecule has 0 saturated carbocycles. The van der Waals surface area contributed by atoms with Crippen LogP contribution in [-0.2, 0) is 4.74 Å². The van der Waals surface area contributed by atoms with E-state index in [4.69, 9.17) is 9.47 Å². The van der Waals surface area contributed by atoms with Crippen molar-refractivity contribution in [1.29, 1.82) is 0 Å². The molecule has 0 bridgehead atoms. The van der Waals surface area contributed by atoms with Crippen molar-refractivity contribution in [2.24, 2.45) is 0 Å². The van der Waals surface area contributed by atoms with Crippen LogP contribution in [0.4, 0.5) is 4.79 Å². The van der Waals surface area contributed by atoms with Gasteiger partial charge in [0.15, 0.2) is 0 Å². The number of fused-ring (bicyclic) bond motifs is 1. The van der Waals surface area contributed by atoms with Crippen LogP contribution in [-0.4, -0.2) is 30.1 Å². The molecule has 0 aliphatic rings. The highest BCUT2D eigenvalue weighted by Gasteiger charge is 2.12. The topological polar surface area (TPSA) is 40.5 Å². The molecular weight excluding hydrogens is 322 g/mol. The Balaban J connectivity index is 1.55. The third kappa shape index (κ3) is 3.57. The van der Waals surface area contributed by atoms with Gasteiger partial charge in [-0.25, -0.2) is 4.79 Å². The van der Waals surface area contributed by atoms with Crippen LogP contribution in [0.3, 0.4) is 0 Å². The minimum Gasteiger partial charge on any atom is -0.497 e. The number of rotatable bonds is 5. The molecule has 0 N–H and O–H groups in total. The van der Waals surface area contributed by atoms with E-state index in [1.807, 2.05) is 61.7 Å². The summed E-state index contributed by atoms with van der Waals surface area (Å²) in [5.41, 5.74) is 1.94. The zero-order chi connectivity index (χ0) is 16.9. The third-order valence-electron chi connectivity index (χ3n) is 3.74. The molecule has 0 aliphatic carbocycles. The Morgan fingerprint density at radius 1 is 1.12 bits per heavy atom. The quantitative estimate of drug-likeness (QED) is 0.497. The van der Waals surface area contributed by atoms with Crippen LogP contribution in [0.5, 0.6) is 5.75 Å². The van der Waals surface area contributed by atoms with Crippen molar-refractivity contribution >= 4 is 28.8 Å². The van der Waals surface area contributed by atoms with E-state index in [-0.39, 0.29) is 6.09 Å². The normalized spacial score (nSPS) is 10.8. The Hall–Kier alpha value is -2.40. The molecule has 5 heteroatoms. The van der Waals surface area contributed by atoms with Crippen LogP contribution in [0.2, 0.25) is 0 Å². The number of carbonyl (C=O) groups excluding carboxylic acids is 1. The van der Waals surface area contributed by atoms with Crippen molar-refractivity contribution in [3.05, 3.63) is 60.3 Å². The second-order valence-corrected chi connectivity index (χ2v) is 6.51. The van der Waals surface area contributed by atoms with Gasteiger partial charge in [0.2, 0.25) is 0 Å². The lowest BCUT2D eigenvalue weighted by molar-refractivity contribution is 0.156. The van der Waals surface area contributed by atoms with Gasteiger partial charge in [0.1, 0.15) is 12.4 Å². The molecule has 24 heavy (non-hydrogen) atoms. The Labute approximate surface area is 145 Å². The fraction of sp³-hybridized carbons (Fsp3) is 0.211. The van der Waals surface area contributed by atoms with Crippen molar-refractivity contribution in [1.82, 2.24) is 4.57 Å². The van der Waals surface area contributed by atoms with Crippen LogP contribution >= 0.6 is 11.8 Å². The number of ether oxygens (including phenoxy) is 2. The Bertz CT molecular complexity index is 839. The minimum atomic E-state index is -0.338. The molecule has 0 saturated heterocycles. The molecule has 0 amide bonds. The van der Waals surface area contributed by atoms with Crippen LogP contribution in [0.15, 0.2) is 59.6 Å². The number of para-hydroxylation sites is 1. The summed E-state index contributed by atoms with van der Waals surface area (Å²) in [7, 11) is 1.65. The molecule has 0 unspecified atom stereocenters. The SMILES string of the molecule is COc1ccc(SCCOC(=O)n2cc(C)c3ccccc32)cc1. The largest absolute Gasteiger partial charge is 0.497 e. The number of benzene rings is 2.